The van der Waals surface area contributed by atoms with Crippen LogP contribution >= 0.6 is 0 Å². The van der Waals surface area contributed by atoms with Crippen LogP contribution in [0.15, 0.2) is 52.6 Å². The summed E-state index contributed by atoms with van der Waals surface area (Å²) >= 11 is 0. The van der Waals surface area contributed by atoms with Crippen molar-refractivity contribution in [2.75, 3.05) is 13.1 Å². The number of nitrogens with one attached hydrogen (secondary N) is 2. The minimum absolute atomic E-state index is 0.192. The van der Waals surface area contributed by atoms with Gasteiger partial charge < -0.3 is 19.8 Å². The predicted octanol–water partition coefficient (Wildman–Crippen LogP) is 0.855. The van der Waals surface area contributed by atoms with Gasteiger partial charge in [-0.1, -0.05) is 0 Å². The molecule has 0 saturated heterocycles. The van der Waals surface area contributed by atoms with Gasteiger partial charge in [-0.3, -0.25) is 24.2 Å². The third-order valence-electron chi connectivity index (χ3n) is 6.13. The van der Waals surface area contributed by atoms with E-state index in [1.54, 1.807) is 22.2 Å². The number of nitrogens with zero attached hydrogens (tertiary/aromatic N) is 3. The van der Waals surface area contributed by atoms with Gasteiger partial charge in [0.1, 0.15) is 0 Å². The summed E-state index contributed by atoms with van der Waals surface area (Å²) in [6, 6.07) is 5.26. The number of pyridine rings is 3. The van der Waals surface area contributed by atoms with Crippen LogP contribution < -0.4 is 11.1 Å². The molecule has 5 heterocycles. The zero-order chi connectivity index (χ0) is 22.2. The maximum absolute atomic E-state index is 13.1. The van der Waals surface area contributed by atoms with Crippen LogP contribution in [0.1, 0.15) is 43.0 Å². The van der Waals surface area contributed by atoms with Crippen molar-refractivity contribution < 1.29 is 9.59 Å². The van der Waals surface area contributed by atoms with Crippen LogP contribution in [-0.2, 0) is 25.9 Å². The predicted molar refractivity (Wildman–Crippen MR) is 115 cm³/mol. The lowest BCUT2D eigenvalue weighted by molar-refractivity contribution is 0.0731. The van der Waals surface area contributed by atoms with Crippen LogP contribution in [0.4, 0.5) is 0 Å². The van der Waals surface area contributed by atoms with Gasteiger partial charge in [0.05, 0.1) is 24.2 Å². The third-order valence-corrected chi connectivity index (χ3v) is 6.13. The van der Waals surface area contributed by atoms with Gasteiger partial charge in [0.15, 0.2) is 0 Å². The summed E-state index contributed by atoms with van der Waals surface area (Å²) in [6.07, 6.45) is 7.28. The van der Waals surface area contributed by atoms with Gasteiger partial charge in [0.25, 0.3) is 22.9 Å². The van der Waals surface area contributed by atoms with Gasteiger partial charge in [0, 0.05) is 49.0 Å². The molecule has 0 spiro atoms. The minimum atomic E-state index is -0.276. The molecule has 0 atom stereocenters. The number of carbonyl (C=O) groups excluding carboxylic acids is 2. The van der Waals surface area contributed by atoms with E-state index in [0.717, 1.165) is 11.1 Å². The molecule has 162 valence electrons. The Labute approximate surface area is 182 Å². The van der Waals surface area contributed by atoms with Crippen molar-refractivity contribution in [2.45, 2.75) is 25.9 Å². The van der Waals surface area contributed by atoms with Crippen LogP contribution in [-0.4, -0.2) is 49.7 Å². The summed E-state index contributed by atoms with van der Waals surface area (Å²) < 4.78 is 0. The lowest BCUT2D eigenvalue weighted by atomic mass is 10.0. The maximum Gasteiger partial charge on any atom is 0.255 e. The van der Waals surface area contributed by atoms with Crippen LogP contribution in [0, 0.1) is 0 Å². The van der Waals surface area contributed by atoms with E-state index in [0.29, 0.717) is 48.2 Å². The van der Waals surface area contributed by atoms with Crippen molar-refractivity contribution in [2.24, 2.45) is 0 Å². The van der Waals surface area contributed by atoms with E-state index in [4.69, 9.17) is 0 Å². The van der Waals surface area contributed by atoms with Gasteiger partial charge in [-0.05, 0) is 42.2 Å². The second kappa shape index (κ2) is 7.92. The average Bonchev–Trinajstić information content (AvgIpc) is 2.83. The molecule has 5 rings (SSSR count). The van der Waals surface area contributed by atoms with Crippen LogP contribution in [0.3, 0.4) is 0 Å². The highest BCUT2D eigenvalue weighted by atomic mass is 16.2. The Balaban J connectivity index is 1.36. The monoisotopic (exact) mass is 431 g/mol. The minimum Gasteiger partial charge on any atom is -0.334 e. The summed E-state index contributed by atoms with van der Waals surface area (Å²) in [5.74, 6) is -0.553. The fraction of sp³-hybridized carbons (Fsp3) is 0.261. The molecule has 32 heavy (non-hydrogen) atoms. The molecule has 0 aromatic carbocycles. The number of hydrogen-bond donors (Lipinski definition) is 2. The first kappa shape index (κ1) is 19.9. The summed E-state index contributed by atoms with van der Waals surface area (Å²) in [5.41, 5.74) is 3.27. The van der Waals surface area contributed by atoms with E-state index in [1.807, 2.05) is 12.1 Å². The van der Waals surface area contributed by atoms with E-state index in [9.17, 15) is 19.2 Å². The highest BCUT2D eigenvalue weighted by Crippen LogP contribution is 2.20. The van der Waals surface area contributed by atoms with Gasteiger partial charge in [-0.25, -0.2) is 0 Å². The zero-order valence-corrected chi connectivity index (χ0v) is 17.3. The van der Waals surface area contributed by atoms with Crippen LogP contribution in [0.5, 0.6) is 0 Å². The number of aromatic nitrogens is 3. The lowest BCUT2D eigenvalue weighted by Gasteiger charge is -2.29. The van der Waals surface area contributed by atoms with Crippen molar-refractivity contribution in [1.82, 2.24) is 24.8 Å². The number of hydrogen-bond acceptors (Lipinski definition) is 5. The molecule has 0 aliphatic carbocycles. The van der Waals surface area contributed by atoms with E-state index in [2.05, 4.69) is 15.0 Å². The van der Waals surface area contributed by atoms with E-state index >= 15 is 0 Å². The van der Waals surface area contributed by atoms with Gasteiger partial charge >= 0.3 is 0 Å². The summed E-state index contributed by atoms with van der Waals surface area (Å²) in [6.45, 7) is 1.40. The smallest absolute Gasteiger partial charge is 0.255 e. The first-order valence-corrected chi connectivity index (χ1v) is 10.4. The summed E-state index contributed by atoms with van der Waals surface area (Å²) in [7, 11) is 0. The van der Waals surface area contributed by atoms with E-state index in [1.165, 1.54) is 18.5 Å². The van der Waals surface area contributed by atoms with Crippen molar-refractivity contribution in [3.8, 4) is 0 Å². The molecule has 0 radical (unpaired) electrons. The van der Waals surface area contributed by atoms with Crippen molar-refractivity contribution in [1.29, 1.82) is 0 Å². The molecule has 0 saturated carbocycles. The standard InChI is InChI=1S/C23H21N5O4/c29-20-18-12-27(7-3-14(18)1-5-25-20)22(31)16-9-17(11-24-10-16)23(32)28-8-4-15-2-6-26-21(30)19(15)13-28/h1-2,5-6,9-11H,3-4,7-8,12-13H2,(H,25,29)(H,26,30). The Bertz CT molecular complexity index is 1240. The number of rotatable bonds is 2. The topological polar surface area (TPSA) is 119 Å². The number of carbonyl (C=O) groups is 2. The first-order valence-electron chi connectivity index (χ1n) is 10.4. The Hall–Kier alpha value is -4.01. The molecule has 3 aromatic heterocycles. The third kappa shape index (κ3) is 3.51. The largest absolute Gasteiger partial charge is 0.334 e. The molecular weight excluding hydrogens is 410 g/mol. The second-order valence-electron chi connectivity index (χ2n) is 8.04. The maximum atomic E-state index is 13.1. The molecule has 0 bridgehead atoms. The van der Waals surface area contributed by atoms with Crippen LogP contribution in [0.2, 0.25) is 0 Å². The molecule has 0 fully saturated rings. The summed E-state index contributed by atoms with van der Waals surface area (Å²) in [5, 5.41) is 0. The molecule has 2 aliphatic heterocycles. The number of H-pyrrole nitrogens is 2. The highest BCUT2D eigenvalue weighted by molar-refractivity contribution is 5.99. The molecule has 9 heteroatoms. The van der Waals surface area contributed by atoms with E-state index < -0.39 is 0 Å². The fourth-order valence-corrected chi connectivity index (χ4v) is 4.35. The Morgan fingerprint density at radius 1 is 0.781 bits per heavy atom. The number of amides is 2. The Morgan fingerprint density at radius 3 is 1.72 bits per heavy atom. The number of aromatic amines is 2. The molecular formula is C23H21N5O4. The SMILES string of the molecule is O=C(c1cncc(C(=O)N2CCc3cc[nH]c(=O)c3C2)c1)N1CCc2cc[nH]c(=O)c2C1. The summed E-state index contributed by atoms with van der Waals surface area (Å²) in [4.78, 5) is 63.0. The quantitative estimate of drug-likeness (QED) is 0.624. The second-order valence-corrected chi connectivity index (χ2v) is 8.04. The molecule has 2 amide bonds. The van der Waals surface area contributed by atoms with Gasteiger partial charge in [0.2, 0.25) is 0 Å². The Morgan fingerprint density at radius 2 is 1.25 bits per heavy atom. The Kier molecular flexibility index (Phi) is 4.93. The zero-order valence-electron chi connectivity index (χ0n) is 17.3. The van der Waals surface area contributed by atoms with Crippen LogP contribution in [0.25, 0.3) is 0 Å². The molecule has 2 N–H and O–H groups in total. The van der Waals surface area contributed by atoms with Gasteiger partial charge in [-0.2, -0.15) is 0 Å². The van der Waals surface area contributed by atoms with E-state index in [-0.39, 0.29) is 36.0 Å². The molecule has 0 unspecified atom stereocenters. The highest BCUT2D eigenvalue weighted by Gasteiger charge is 2.27. The average molecular weight is 431 g/mol. The van der Waals surface area contributed by atoms with Crippen molar-refractivity contribution >= 4 is 11.8 Å². The van der Waals surface area contributed by atoms with Crippen molar-refractivity contribution in [3.63, 3.8) is 0 Å². The normalized spacial score (nSPS) is 15.1. The fourth-order valence-electron chi connectivity index (χ4n) is 4.35. The molecule has 9 nitrogen and oxygen atoms in total. The molecule has 3 aromatic rings. The molecule has 2 aliphatic rings. The first-order chi connectivity index (χ1) is 15.5. The number of fused-ring (bicyclic) bond motifs is 2. The lowest BCUT2D eigenvalue weighted by Crippen LogP contribution is -2.40. The van der Waals surface area contributed by atoms with Crippen molar-refractivity contribution in [3.05, 3.63) is 97.1 Å². The van der Waals surface area contributed by atoms with Gasteiger partial charge in [-0.15, -0.1) is 0 Å².